The van der Waals surface area contributed by atoms with Crippen molar-refractivity contribution >= 4 is 65.0 Å². The molecule has 1 spiro atoms. The smallest absolute Gasteiger partial charge is 0.136 e. The van der Waals surface area contributed by atoms with Crippen LogP contribution >= 0.6 is 0 Å². The van der Waals surface area contributed by atoms with Crippen LogP contribution in [-0.4, -0.2) is 0 Å². The molecular formula is C57H32O. The van der Waals surface area contributed by atoms with E-state index < -0.39 is 5.41 Å². The third-order valence-electron chi connectivity index (χ3n) is 13.6. The van der Waals surface area contributed by atoms with Crippen LogP contribution in [0.25, 0.3) is 110 Å². The average Bonchev–Trinajstić information content (AvgIpc) is 3.92. The molecule has 0 unspecified atom stereocenters. The molecule has 0 aliphatic heterocycles. The van der Waals surface area contributed by atoms with Crippen LogP contribution in [0.2, 0.25) is 0 Å². The van der Waals surface area contributed by atoms with Gasteiger partial charge >= 0.3 is 0 Å². The number of para-hydroxylation sites is 1. The van der Waals surface area contributed by atoms with Gasteiger partial charge in [0, 0.05) is 10.8 Å². The van der Waals surface area contributed by atoms with Gasteiger partial charge in [-0.1, -0.05) is 164 Å². The second kappa shape index (κ2) is 10.9. The Kier molecular flexibility index (Phi) is 5.76. The zero-order valence-electron chi connectivity index (χ0n) is 31.4. The quantitative estimate of drug-likeness (QED) is 0.161. The van der Waals surface area contributed by atoms with Gasteiger partial charge in [0.1, 0.15) is 11.2 Å². The normalized spacial score (nSPS) is 13.7. The van der Waals surface area contributed by atoms with E-state index in [0.29, 0.717) is 0 Å². The minimum Gasteiger partial charge on any atom is -0.456 e. The molecule has 11 aromatic carbocycles. The minimum absolute atomic E-state index is 0.531. The lowest BCUT2D eigenvalue weighted by Crippen LogP contribution is -2.26. The molecule has 1 aromatic heterocycles. The monoisotopic (exact) mass is 732 g/mol. The fourth-order valence-corrected chi connectivity index (χ4v) is 11.3. The molecule has 0 saturated carbocycles. The van der Waals surface area contributed by atoms with Gasteiger partial charge in [-0.05, 0) is 140 Å². The first-order chi connectivity index (χ1) is 28.8. The minimum atomic E-state index is -0.531. The molecule has 0 saturated heterocycles. The Morgan fingerprint density at radius 2 is 0.897 bits per heavy atom. The van der Waals surface area contributed by atoms with E-state index in [1.54, 1.807) is 0 Å². The van der Waals surface area contributed by atoms with E-state index in [9.17, 15) is 0 Å². The van der Waals surface area contributed by atoms with Gasteiger partial charge in [0.05, 0.1) is 5.41 Å². The molecule has 58 heavy (non-hydrogen) atoms. The fraction of sp³-hybridized carbons (Fsp3) is 0.0175. The van der Waals surface area contributed by atoms with E-state index in [2.05, 4.69) is 188 Å². The highest BCUT2D eigenvalue weighted by atomic mass is 16.3. The first-order valence-electron chi connectivity index (χ1n) is 20.2. The number of hydrogen-bond acceptors (Lipinski definition) is 1. The summed E-state index contributed by atoms with van der Waals surface area (Å²) in [4.78, 5) is 0. The lowest BCUT2D eigenvalue weighted by atomic mass is 9.68. The summed E-state index contributed by atoms with van der Waals surface area (Å²) in [6.45, 7) is 0. The number of furan rings is 1. The van der Waals surface area contributed by atoms with Crippen molar-refractivity contribution in [3.8, 4) is 44.5 Å². The second-order valence-corrected chi connectivity index (χ2v) is 16.3. The Balaban J connectivity index is 1.12. The maximum atomic E-state index is 6.52. The van der Waals surface area contributed by atoms with Crippen LogP contribution in [0.15, 0.2) is 199 Å². The van der Waals surface area contributed by atoms with Gasteiger partial charge in [-0.3, -0.25) is 0 Å². The summed E-state index contributed by atoms with van der Waals surface area (Å²) in [5.74, 6) is 0. The summed E-state index contributed by atoms with van der Waals surface area (Å²) in [6, 6.07) is 72.8. The highest BCUT2D eigenvalue weighted by Crippen LogP contribution is 2.66. The highest BCUT2D eigenvalue weighted by molar-refractivity contribution is 6.25. The van der Waals surface area contributed by atoms with Crippen molar-refractivity contribution in [1.82, 2.24) is 0 Å². The molecule has 2 aliphatic carbocycles. The van der Waals surface area contributed by atoms with Gasteiger partial charge in [0.2, 0.25) is 0 Å². The Labute approximate surface area is 334 Å². The predicted molar refractivity (Wildman–Crippen MR) is 242 cm³/mol. The molecule has 0 amide bonds. The first-order valence-corrected chi connectivity index (χ1v) is 20.2. The topological polar surface area (TPSA) is 13.1 Å². The summed E-state index contributed by atoms with van der Waals surface area (Å²) >= 11 is 0. The largest absolute Gasteiger partial charge is 0.456 e. The summed E-state index contributed by atoms with van der Waals surface area (Å²) in [6.07, 6.45) is 0. The number of benzene rings is 11. The number of hydrogen-bond donors (Lipinski definition) is 0. The van der Waals surface area contributed by atoms with Crippen LogP contribution in [0.5, 0.6) is 0 Å². The van der Waals surface area contributed by atoms with Crippen molar-refractivity contribution in [1.29, 1.82) is 0 Å². The third kappa shape index (κ3) is 3.72. The van der Waals surface area contributed by atoms with Crippen molar-refractivity contribution < 1.29 is 4.42 Å². The molecule has 0 fully saturated rings. The average molecular weight is 733 g/mol. The molecule has 0 N–H and O–H groups in total. The van der Waals surface area contributed by atoms with Crippen molar-refractivity contribution in [2.24, 2.45) is 0 Å². The second-order valence-electron chi connectivity index (χ2n) is 16.3. The van der Waals surface area contributed by atoms with Gasteiger partial charge in [-0.25, -0.2) is 0 Å². The summed E-state index contributed by atoms with van der Waals surface area (Å²) in [5, 5.41) is 12.7. The van der Waals surface area contributed by atoms with Crippen LogP contribution in [-0.2, 0) is 5.41 Å². The lowest BCUT2D eigenvalue weighted by molar-refractivity contribution is 0.669. The number of fused-ring (bicyclic) bond motifs is 15. The number of rotatable bonds is 2. The molecule has 1 nitrogen and oxygen atoms in total. The summed E-state index contributed by atoms with van der Waals surface area (Å²) in [7, 11) is 0. The van der Waals surface area contributed by atoms with E-state index >= 15 is 0 Å². The zero-order chi connectivity index (χ0) is 37.7. The van der Waals surface area contributed by atoms with Crippen LogP contribution < -0.4 is 0 Å². The van der Waals surface area contributed by atoms with E-state index in [-0.39, 0.29) is 0 Å². The third-order valence-corrected chi connectivity index (χ3v) is 13.6. The maximum absolute atomic E-state index is 6.52. The van der Waals surface area contributed by atoms with Gasteiger partial charge in [-0.15, -0.1) is 0 Å². The molecule has 0 radical (unpaired) electrons. The summed E-state index contributed by atoms with van der Waals surface area (Å²) < 4.78 is 6.52. The van der Waals surface area contributed by atoms with E-state index in [1.807, 2.05) is 6.07 Å². The molecule has 14 rings (SSSR count). The fourth-order valence-electron chi connectivity index (χ4n) is 11.3. The van der Waals surface area contributed by atoms with Gasteiger partial charge < -0.3 is 4.42 Å². The molecule has 2 aliphatic rings. The highest BCUT2D eigenvalue weighted by Gasteiger charge is 2.53. The molecule has 1 heteroatoms. The van der Waals surface area contributed by atoms with Crippen LogP contribution in [0.3, 0.4) is 0 Å². The Morgan fingerprint density at radius 1 is 0.310 bits per heavy atom. The summed E-state index contributed by atoms with van der Waals surface area (Å²) in [5.41, 5.74) is 16.8. The van der Waals surface area contributed by atoms with Gasteiger partial charge in [-0.2, -0.15) is 0 Å². The lowest BCUT2D eigenvalue weighted by Gasteiger charge is -2.32. The van der Waals surface area contributed by atoms with Crippen molar-refractivity contribution in [3.63, 3.8) is 0 Å². The molecule has 0 atom stereocenters. The van der Waals surface area contributed by atoms with Crippen molar-refractivity contribution in [2.75, 3.05) is 0 Å². The van der Waals surface area contributed by atoms with Crippen LogP contribution in [0, 0.1) is 0 Å². The molecular weight excluding hydrogens is 701 g/mol. The van der Waals surface area contributed by atoms with E-state index in [0.717, 1.165) is 27.5 Å². The van der Waals surface area contributed by atoms with Crippen LogP contribution in [0.1, 0.15) is 22.3 Å². The Morgan fingerprint density at radius 3 is 1.72 bits per heavy atom. The predicted octanol–water partition coefficient (Wildman–Crippen LogP) is 15.3. The maximum Gasteiger partial charge on any atom is 0.136 e. The Hall–Kier alpha value is -7.48. The van der Waals surface area contributed by atoms with E-state index in [1.165, 1.54) is 104 Å². The zero-order valence-corrected chi connectivity index (χ0v) is 31.4. The Bertz CT molecular complexity index is 3690. The van der Waals surface area contributed by atoms with Gasteiger partial charge in [0.15, 0.2) is 0 Å². The van der Waals surface area contributed by atoms with E-state index in [4.69, 9.17) is 4.42 Å². The van der Waals surface area contributed by atoms with Crippen molar-refractivity contribution in [2.45, 2.75) is 5.41 Å². The molecule has 266 valence electrons. The molecule has 1 heterocycles. The standard InChI is InChI=1S/C57H32O/c1-2-13-40-36(10-1)30-47(38-24-27-44-43-16-5-8-19-51(43)58-52(44)32-38)55-46-29-25-37(39-26-22-35-21-20-33-11-9-12-34-23-28-45(39)54(35)53(33)34)31-50(46)57(56(40)55)48-17-6-3-14-41(48)42-15-4-7-18-49(42)57/h1-32H. The first kappa shape index (κ1) is 30.7. The molecule has 0 bridgehead atoms. The van der Waals surface area contributed by atoms with Gasteiger partial charge in [0.25, 0.3) is 0 Å². The molecule has 12 aromatic rings. The SMILES string of the molecule is c1ccc2c(c1)-c1ccccc1C21c2cc(-c3ccc4ccc5cccc6ccc3c4c56)ccc2-c2c(-c3ccc4c(c3)oc3ccccc34)cc3ccccc3c21. The van der Waals surface area contributed by atoms with Crippen LogP contribution in [0.4, 0.5) is 0 Å². The van der Waals surface area contributed by atoms with Crippen molar-refractivity contribution in [3.05, 3.63) is 216 Å².